The molecule has 0 aliphatic carbocycles. The van der Waals surface area contributed by atoms with Crippen LogP contribution in [-0.4, -0.2) is 29.1 Å². The second-order valence-electron chi connectivity index (χ2n) is 4.87. The standard InChI is InChI=1S/C16H17N3O3S/c1-11(20)13-10-23-16(18-13)19-14(21)8-5-9-17-15(22)12-6-3-2-4-7-12/h2-4,6-7,10H,5,8-9H2,1H3,(H,17,22)(H,18,19,21). The smallest absolute Gasteiger partial charge is 0.251 e. The number of benzene rings is 1. The monoisotopic (exact) mass is 331 g/mol. The number of Topliss-reactive ketones (excluding diaryl/α,β-unsaturated/α-hetero) is 1. The first-order valence-corrected chi connectivity index (χ1v) is 8.04. The molecule has 2 rings (SSSR count). The van der Waals surface area contributed by atoms with Gasteiger partial charge in [0.25, 0.3) is 5.91 Å². The molecule has 0 fully saturated rings. The van der Waals surface area contributed by atoms with Crippen molar-refractivity contribution in [1.29, 1.82) is 0 Å². The lowest BCUT2D eigenvalue weighted by Gasteiger charge is -2.05. The average Bonchev–Trinajstić information content (AvgIpc) is 3.01. The fraction of sp³-hybridized carbons (Fsp3) is 0.250. The van der Waals surface area contributed by atoms with Gasteiger partial charge in [-0.05, 0) is 18.6 Å². The maximum atomic E-state index is 11.8. The number of nitrogens with one attached hydrogen (secondary N) is 2. The largest absolute Gasteiger partial charge is 0.352 e. The Morgan fingerprint density at radius 2 is 1.91 bits per heavy atom. The maximum absolute atomic E-state index is 11.8. The van der Waals surface area contributed by atoms with Crippen molar-refractivity contribution in [3.8, 4) is 0 Å². The zero-order valence-corrected chi connectivity index (χ0v) is 13.5. The third-order valence-corrected chi connectivity index (χ3v) is 3.77. The third-order valence-electron chi connectivity index (χ3n) is 3.01. The zero-order valence-electron chi connectivity index (χ0n) is 12.7. The van der Waals surface area contributed by atoms with Crippen molar-refractivity contribution in [1.82, 2.24) is 10.3 Å². The Balaban J connectivity index is 1.68. The molecule has 1 aromatic heterocycles. The Labute approximate surface area is 137 Å². The molecule has 0 spiro atoms. The Kier molecular flexibility index (Phi) is 5.99. The summed E-state index contributed by atoms with van der Waals surface area (Å²) < 4.78 is 0. The van der Waals surface area contributed by atoms with E-state index >= 15 is 0 Å². The molecule has 23 heavy (non-hydrogen) atoms. The van der Waals surface area contributed by atoms with Gasteiger partial charge in [-0.3, -0.25) is 14.4 Å². The van der Waals surface area contributed by atoms with Gasteiger partial charge >= 0.3 is 0 Å². The van der Waals surface area contributed by atoms with E-state index in [-0.39, 0.29) is 24.0 Å². The molecule has 0 bridgehead atoms. The minimum Gasteiger partial charge on any atom is -0.352 e. The molecule has 2 aromatic rings. The number of nitrogens with zero attached hydrogens (tertiary/aromatic N) is 1. The second-order valence-corrected chi connectivity index (χ2v) is 5.73. The molecule has 0 aliphatic rings. The SMILES string of the molecule is CC(=O)c1csc(NC(=O)CCCNC(=O)c2ccccc2)n1. The number of hydrogen-bond donors (Lipinski definition) is 2. The van der Waals surface area contributed by atoms with Gasteiger partial charge in [-0.2, -0.15) is 0 Å². The summed E-state index contributed by atoms with van der Waals surface area (Å²) >= 11 is 1.21. The van der Waals surface area contributed by atoms with Crippen LogP contribution in [0, 0.1) is 0 Å². The molecule has 0 saturated heterocycles. The summed E-state index contributed by atoms with van der Waals surface area (Å²) in [7, 11) is 0. The van der Waals surface area contributed by atoms with Crippen LogP contribution in [-0.2, 0) is 4.79 Å². The van der Waals surface area contributed by atoms with E-state index in [1.165, 1.54) is 18.3 Å². The first-order chi connectivity index (χ1) is 11.1. The van der Waals surface area contributed by atoms with E-state index in [2.05, 4.69) is 15.6 Å². The van der Waals surface area contributed by atoms with Crippen molar-refractivity contribution in [2.45, 2.75) is 19.8 Å². The van der Waals surface area contributed by atoms with Gasteiger partial charge in [0.1, 0.15) is 5.69 Å². The Morgan fingerprint density at radius 3 is 2.57 bits per heavy atom. The van der Waals surface area contributed by atoms with Gasteiger partial charge in [-0.1, -0.05) is 18.2 Å². The molecule has 2 N–H and O–H groups in total. The van der Waals surface area contributed by atoms with Crippen molar-refractivity contribution in [3.05, 3.63) is 47.0 Å². The number of thiazole rings is 1. The maximum Gasteiger partial charge on any atom is 0.251 e. The lowest BCUT2D eigenvalue weighted by Crippen LogP contribution is -2.25. The van der Waals surface area contributed by atoms with Crippen LogP contribution in [0.3, 0.4) is 0 Å². The highest BCUT2D eigenvalue weighted by Gasteiger charge is 2.09. The van der Waals surface area contributed by atoms with Crippen LogP contribution in [0.1, 0.15) is 40.6 Å². The predicted molar refractivity (Wildman–Crippen MR) is 88.8 cm³/mol. The molecule has 0 unspecified atom stereocenters. The minimum absolute atomic E-state index is 0.134. The number of aromatic nitrogens is 1. The number of rotatable bonds is 7. The summed E-state index contributed by atoms with van der Waals surface area (Å²) in [6.45, 7) is 1.84. The van der Waals surface area contributed by atoms with Crippen LogP contribution in [0.2, 0.25) is 0 Å². The van der Waals surface area contributed by atoms with Gasteiger partial charge < -0.3 is 10.6 Å². The van der Waals surface area contributed by atoms with Crippen molar-refractivity contribution >= 4 is 34.1 Å². The Bertz CT molecular complexity index is 698. The Hall–Kier alpha value is -2.54. The highest BCUT2D eigenvalue weighted by atomic mass is 32.1. The molecular formula is C16H17N3O3S. The van der Waals surface area contributed by atoms with E-state index in [4.69, 9.17) is 0 Å². The fourth-order valence-electron chi connectivity index (χ4n) is 1.82. The normalized spacial score (nSPS) is 10.1. The van der Waals surface area contributed by atoms with Gasteiger partial charge in [-0.25, -0.2) is 4.98 Å². The number of ketones is 1. The van der Waals surface area contributed by atoms with Gasteiger partial charge in [0.15, 0.2) is 10.9 Å². The molecule has 0 radical (unpaired) electrons. The third kappa shape index (κ3) is 5.30. The van der Waals surface area contributed by atoms with Crippen molar-refractivity contribution < 1.29 is 14.4 Å². The van der Waals surface area contributed by atoms with Crippen LogP contribution in [0.15, 0.2) is 35.7 Å². The van der Waals surface area contributed by atoms with Crippen LogP contribution in [0.25, 0.3) is 0 Å². The lowest BCUT2D eigenvalue weighted by atomic mass is 10.2. The van der Waals surface area contributed by atoms with Crippen LogP contribution in [0.4, 0.5) is 5.13 Å². The number of anilines is 1. The number of hydrogen-bond acceptors (Lipinski definition) is 5. The summed E-state index contributed by atoms with van der Waals surface area (Å²) in [5.41, 5.74) is 0.942. The van der Waals surface area contributed by atoms with Gasteiger partial charge in [0.2, 0.25) is 5.91 Å². The average molecular weight is 331 g/mol. The van der Waals surface area contributed by atoms with Gasteiger partial charge in [-0.15, -0.1) is 11.3 Å². The van der Waals surface area contributed by atoms with E-state index < -0.39 is 0 Å². The molecule has 0 atom stereocenters. The van der Waals surface area contributed by atoms with E-state index in [0.717, 1.165) is 0 Å². The van der Waals surface area contributed by atoms with Crippen LogP contribution >= 0.6 is 11.3 Å². The molecule has 1 aromatic carbocycles. The summed E-state index contributed by atoms with van der Waals surface area (Å²) in [6.07, 6.45) is 0.791. The number of carbonyl (C=O) groups excluding carboxylic acids is 3. The van der Waals surface area contributed by atoms with E-state index in [0.29, 0.717) is 29.4 Å². The highest BCUT2D eigenvalue weighted by molar-refractivity contribution is 7.14. The topological polar surface area (TPSA) is 88.2 Å². The van der Waals surface area contributed by atoms with E-state index in [1.807, 2.05) is 6.07 Å². The molecular weight excluding hydrogens is 314 g/mol. The van der Waals surface area contributed by atoms with E-state index in [1.54, 1.807) is 29.6 Å². The predicted octanol–water partition coefficient (Wildman–Crippen LogP) is 2.49. The highest BCUT2D eigenvalue weighted by Crippen LogP contribution is 2.16. The molecule has 0 saturated carbocycles. The second kappa shape index (κ2) is 8.19. The van der Waals surface area contributed by atoms with Crippen LogP contribution < -0.4 is 10.6 Å². The molecule has 2 amide bonds. The number of carbonyl (C=O) groups is 3. The minimum atomic E-state index is -0.191. The summed E-state index contributed by atoms with van der Waals surface area (Å²) in [4.78, 5) is 38.7. The fourth-order valence-corrected chi connectivity index (χ4v) is 2.58. The summed E-state index contributed by atoms with van der Waals surface area (Å²) in [5.74, 6) is -0.481. The zero-order chi connectivity index (χ0) is 16.7. The Morgan fingerprint density at radius 1 is 1.17 bits per heavy atom. The van der Waals surface area contributed by atoms with Crippen molar-refractivity contribution in [2.75, 3.05) is 11.9 Å². The molecule has 7 heteroatoms. The molecule has 1 heterocycles. The first kappa shape index (κ1) is 16.8. The van der Waals surface area contributed by atoms with Crippen LogP contribution in [0.5, 0.6) is 0 Å². The van der Waals surface area contributed by atoms with Gasteiger partial charge in [0.05, 0.1) is 0 Å². The van der Waals surface area contributed by atoms with Crippen molar-refractivity contribution in [3.63, 3.8) is 0 Å². The molecule has 120 valence electrons. The van der Waals surface area contributed by atoms with E-state index in [9.17, 15) is 14.4 Å². The quantitative estimate of drug-likeness (QED) is 0.603. The number of amides is 2. The summed E-state index contributed by atoms with van der Waals surface area (Å²) in [6, 6.07) is 8.91. The van der Waals surface area contributed by atoms with Crippen molar-refractivity contribution in [2.24, 2.45) is 0 Å². The summed E-state index contributed by atoms with van der Waals surface area (Å²) in [5, 5.41) is 7.42. The molecule has 0 aliphatic heterocycles. The lowest BCUT2D eigenvalue weighted by molar-refractivity contribution is -0.116. The van der Waals surface area contributed by atoms with Gasteiger partial charge in [0, 0.05) is 30.8 Å². The molecule has 6 nitrogen and oxygen atoms in total. The first-order valence-electron chi connectivity index (χ1n) is 7.16.